The fourth-order valence-electron chi connectivity index (χ4n) is 4.99. The molecule has 2 aliphatic rings. The number of nitrogens with zero attached hydrogens (tertiary/aromatic N) is 4. The van der Waals surface area contributed by atoms with Gasteiger partial charge in [0.15, 0.2) is 29.6 Å². The smallest absolute Gasteiger partial charge is 0.252 e. The predicted molar refractivity (Wildman–Crippen MR) is 132 cm³/mol. The lowest BCUT2D eigenvalue weighted by Gasteiger charge is -2.24. The van der Waals surface area contributed by atoms with E-state index in [1.807, 2.05) is 13.8 Å². The van der Waals surface area contributed by atoms with Gasteiger partial charge >= 0.3 is 0 Å². The third-order valence-electron chi connectivity index (χ3n) is 6.78. The molecule has 0 spiro atoms. The van der Waals surface area contributed by atoms with Crippen LogP contribution in [0.3, 0.4) is 0 Å². The van der Waals surface area contributed by atoms with Crippen molar-refractivity contribution in [2.24, 2.45) is 0 Å². The largest absolute Gasteiger partial charge is 0.382 e. The number of carbonyl (C=O) groups is 1. The third kappa shape index (κ3) is 6.10. The molecular formula is C25H40N6O4. The average Bonchev–Trinajstić information content (AvgIpc) is 3.48. The average molecular weight is 489 g/mol. The van der Waals surface area contributed by atoms with Crippen LogP contribution in [0.25, 0.3) is 11.2 Å². The number of hydrogen-bond acceptors (Lipinski definition) is 8. The zero-order chi connectivity index (χ0) is 24.8. The van der Waals surface area contributed by atoms with E-state index in [1.54, 1.807) is 10.9 Å². The van der Waals surface area contributed by atoms with Gasteiger partial charge in [0.25, 0.3) is 5.91 Å². The van der Waals surface area contributed by atoms with E-state index in [-0.39, 0.29) is 11.7 Å². The first kappa shape index (κ1) is 25.8. The number of imidazole rings is 1. The topological polar surface area (TPSA) is 126 Å². The van der Waals surface area contributed by atoms with Gasteiger partial charge in [0.2, 0.25) is 0 Å². The minimum Gasteiger partial charge on any atom is -0.382 e. The number of fused-ring (bicyclic) bond motifs is 2. The van der Waals surface area contributed by atoms with E-state index in [0.29, 0.717) is 17.7 Å². The van der Waals surface area contributed by atoms with Crippen molar-refractivity contribution in [3.8, 4) is 0 Å². The Morgan fingerprint density at radius 3 is 2.37 bits per heavy atom. The van der Waals surface area contributed by atoms with E-state index in [2.05, 4.69) is 27.2 Å². The van der Waals surface area contributed by atoms with Crippen molar-refractivity contribution in [1.82, 2.24) is 24.8 Å². The van der Waals surface area contributed by atoms with Crippen molar-refractivity contribution in [2.45, 2.75) is 115 Å². The number of aromatic nitrogens is 4. The first-order valence-corrected chi connectivity index (χ1v) is 13.1. The van der Waals surface area contributed by atoms with Crippen LogP contribution in [-0.2, 0) is 19.0 Å². The van der Waals surface area contributed by atoms with E-state index >= 15 is 0 Å². The van der Waals surface area contributed by atoms with Crippen molar-refractivity contribution in [3.05, 3.63) is 12.7 Å². The summed E-state index contributed by atoms with van der Waals surface area (Å²) in [5, 5.41) is 3.03. The van der Waals surface area contributed by atoms with Crippen LogP contribution in [-0.4, -0.2) is 56.1 Å². The highest BCUT2D eigenvalue weighted by Gasteiger charge is 2.58. The normalized spacial score (nSPS) is 25.2. The van der Waals surface area contributed by atoms with E-state index in [0.717, 1.165) is 12.8 Å². The number of nitrogens with two attached hydrogens (primary N) is 1. The lowest BCUT2D eigenvalue weighted by molar-refractivity contribution is -0.197. The Labute approximate surface area is 207 Å². The molecule has 0 aliphatic carbocycles. The van der Waals surface area contributed by atoms with Gasteiger partial charge in [-0.05, 0) is 20.3 Å². The first-order valence-electron chi connectivity index (χ1n) is 13.1. The Kier molecular flexibility index (Phi) is 8.56. The summed E-state index contributed by atoms with van der Waals surface area (Å²) in [6.45, 7) is 6.55. The zero-order valence-corrected chi connectivity index (χ0v) is 21.2. The molecule has 35 heavy (non-hydrogen) atoms. The zero-order valence-electron chi connectivity index (χ0n) is 21.2. The van der Waals surface area contributed by atoms with Crippen LogP contribution in [0.1, 0.15) is 91.2 Å². The van der Waals surface area contributed by atoms with Gasteiger partial charge in [-0.3, -0.25) is 9.36 Å². The molecule has 194 valence electrons. The number of rotatable bonds is 13. The molecule has 4 rings (SSSR count). The van der Waals surface area contributed by atoms with Crippen molar-refractivity contribution < 1.29 is 19.0 Å². The number of nitrogen functional groups attached to an aromatic ring is 1. The number of carbonyl (C=O) groups excluding carboxylic acids is 1. The Hall–Kier alpha value is -2.30. The monoisotopic (exact) mass is 488 g/mol. The summed E-state index contributed by atoms with van der Waals surface area (Å²) in [6.07, 6.45) is 13.1. The quantitative estimate of drug-likeness (QED) is 0.407. The van der Waals surface area contributed by atoms with Crippen LogP contribution >= 0.6 is 0 Å². The molecule has 0 saturated carbocycles. The molecule has 2 saturated heterocycles. The molecule has 2 aromatic rings. The molecular weight excluding hydrogens is 448 g/mol. The second-order valence-electron chi connectivity index (χ2n) is 10.1. The number of ether oxygens (including phenoxy) is 3. The maximum atomic E-state index is 13.1. The number of unbranched alkanes of at least 4 members (excludes halogenated alkanes) is 9. The van der Waals surface area contributed by atoms with Gasteiger partial charge in [0, 0.05) is 6.54 Å². The highest BCUT2D eigenvalue weighted by atomic mass is 16.8. The number of anilines is 1. The predicted octanol–water partition coefficient (Wildman–Crippen LogP) is 3.86. The number of amides is 1. The standard InChI is InChI=1S/C25H40N6O4/c1-4-5-6-7-8-9-10-11-12-13-14-27-23(32)19-18-20(35-25(2,3)34-18)24(33-19)31-16-30-17-21(26)28-15-29-22(17)31/h15-16,18-20,24H,4-14H2,1-3H3,(H,27,32)(H2,26,28,29)/t18-,19+,20-,24-/m1/s1. The molecule has 2 fully saturated rings. The minimum atomic E-state index is -0.823. The van der Waals surface area contributed by atoms with Crippen molar-refractivity contribution in [1.29, 1.82) is 0 Å². The van der Waals surface area contributed by atoms with Gasteiger partial charge in [-0.25, -0.2) is 15.0 Å². The van der Waals surface area contributed by atoms with E-state index in [1.165, 1.54) is 57.7 Å². The van der Waals surface area contributed by atoms with Crippen LogP contribution in [0, 0.1) is 0 Å². The molecule has 2 aromatic heterocycles. The molecule has 0 bridgehead atoms. The van der Waals surface area contributed by atoms with E-state index < -0.39 is 30.3 Å². The molecule has 1 amide bonds. The van der Waals surface area contributed by atoms with Gasteiger partial charge in [0.1, 0.15) is 24.1 Å². The Bertz CT molecular complexity index is 980. The summed E-state index contributed by atoms with van der Waals surface area (Å²) in [5.74, 6) is -0.715. The highest BCUT2D eigenvalue weighted by molar-refractivity contribution is 5.83. The first-order chi connectivity index (χ1) is 16.9. The summed E-state index contributed by atoms with van der Waals surface area (Å²) in [5.41, 5.74) is 6.95. The second kappa shape index (κ2) is 11.6. The van der Waals surface area contributed by atoms with Crippen LogP contribution in [0.4, 0.5) is 5.82 Å². The highest BCUT2D eigenvalue weighted by Crippen LogP contribution is 2.43. The molecule has 10 heteroatoms. The molecule has 0 radical (unpaired) electrons. The molecule has 3 N–H and O–H groups in total. The fourth-order valence-corrected chi connectivity index (χ4v) is 4.99. The summed E-state index contributed by atoms with van der Waals surface area (Å²) in [6, 6.07) is 0. The number of nitrogens with one attached hydrogen (secondary N) is 1. The lowest BCUT2D eigenvalue weighted by atomic mass is 10.1. The SMILES string of the molecule is CCCCCCCCCCCCNC(=O)[C@H]1O[C@@H](n2cnc3c(N)ncnc32)[C@@H]2OC(C)(C)O[C@@H]21. The molecule has 4 heterocycles. The number of hydrogen-bond donors (Lipinski definition) is 2. The minimum absolute atomic E-state index is 0.182. The van der Waals surface area contributed by atoms with Crippen LogP contribution in [0.5, 0.6) is 0 Å². The molecule has 2 aliphatic heterocycles. The molecule has 4 atom stereocenters. The van der Waals surface area contributed by atoms with Crippen LogP contribution in [0.15, 0.2) is 12.7 Å². The fraction of sp³-hybridized carbons (Fsp3) is 0.760. The maximum absolute atomic E-state index is 13.1. The summed E-state index contributed by atoms with van der Waals surface area (Å²) in [7, 11) is 0. The maximum Gasteiger partial charge on any atom is 0.252 e. The van der Waals surface area contributed by atoms with Gasteiger partial charge in [0.05, 0.1) is 6.33 Å². The lowest BCUT2D eigenvalue weighted by Crippen LogP contribution is -2.43. The third-order valence-corrected chi connectivity index (χ3v) is 6.78. The Morgan fingerprint density at radius 2 is 1.66 bits per heavy atom. The van der Waals surface area contributed by atoms with Gasteiger partial charge in [-0.2, -0.15) is 0 Å². The summed E-state index contributed by atoms with van der Waals surface area (Å²) >= 11 is 0. The summed E-state index contributed by atoms with van der Waals surface area (Å²) < 4.78 is 20.1. The van der Waals surface area contributed by atoms with E-state index in [9.17, 15) is 4.79 Å². The van der Waals surface area contributed by atoms with Crippen molar-refractivity contribution >= 4 is 22.9 Å². The summed E-state index contributed by atoms with van der Waals surface area (Å²) in [4.78, 5) is 25.7. The second-order valence-corrected chi connectivity index (χ2v) is 10.1. The van der Waals surface area contributed by atoms with Crippen LogP contribution in [0.2, 0.25) is 0 Å². The molecule has 0 aromatic carbocycles. The van der Waals surface area contributed by atoms with Gasteiger partial charge in [-0.1, -0.05) is 64.7 Å². The molecule has 10 nitrogen and oxygen atoms in total. The van der Waals surface area contributed by atoms with Crippen LogP contribution < -0.4 is 11.1 Å². The van der Waals surface area contributed by atoms with Gasteiger partial charge in [-0.15, -0.1) is 0 Å². The van der Waals surface area contributed by atoms with Gasteiger partial charge < -0.3 is 25.3 Å². The van der Waals surface area contributed by atoms with Crippen molar-refractivity contribution in [2.75, 3.05) is 12.3 Å². The Balaban J connectivity index is 1.28. The van der Waals surface area contributed by atoms with Crippen molar-refractivity contribution in [3.63, 3.8) is 0 Å². The molecule has 0 unspecified atom stereocenters. The van der Waals surface area contributed by atoms with E-state index in [4.69, 9.17) is 19.9 Å². The Morgan fingerprint density at radius 1 is 1.00 bits per heavy atom.